The van der Waals surface area contributed by atoms with E-state index in [1.807, 2.05) is 24.3 Å². The predicted octanol–water partition coefficient (Wildman–Crippen LogP) is 4.19. The van der Waals surface area contributed by atoms with Crippen molar-refractivity contribution in [1.82, 2.24) is 5.32 Å². The van der Waals surface area contributed by atoms with Crippen molar-refractivity contribution in [2.24, 2.45) is 11.8 Å². The number of ether oxygens (including phenoxy) is 2. The first-order chi connectivity index (χ1) is 14.2. The number of aliphatic hydroxyl groups excluding tert-OH is 1. The van der Waals surface area contributed by atoms with Gasteiger partial charge in [0.2, 0.25) is 6.29 Å². The van der Waals surface area contributed by atoms with Crippen molar-refractivity contribution < 1.29 is 19.4 Å². The van der Waals surface area contributed by atoms with E-state index in [1.165, 1.54) is 38.5 Å². The number of hydrogen-bond acceptors (Lipinski definition) is 4. The molecule has 2 saturated carbocycles. The largest absolute Gasteiger partial charge is 0.459 e. The number of carbonyl (C=O) groups is 1. The number of aliphatic hydroxyl groups is 1. The molecule has 158 valence electrons. The van der Waals surface area contributed by atoms with Crippen LogP contribution >= 0.6 is 0 Å². The summed E-state index contributed by atoms with van der Waals surface area (Å²) in [5, 5.41) is 12.4. The summed E-state index contributed by atoms with van der Waals surface area (Å²) in [4.78, 5) is 12.8. The van der Waals surface area contributed by atoms with Crippen LogP contribution in [0.1, 0.15) is 68.9 Å². The van der Waals surface area contributed by atoms with Gasteiger partial charge in [0.1, 0.15) is 0 Å². The third kappa shape index (κ3) is 5.40. The minimum Gasteiger partial charge on any atom is -0.459 e. The molecule has 1 amide bonds. The van der Waals surface area contributed by atoms with Gasteiger partial charge in [0.05, 0.1) is 13.2 Å². The van der Waals surface area contributed by atoms with E-state index in [1.54, 1.807) is 0 Å². The molecule has 5 nitrogen and oxygen atoms in total. The van der Waals surface area contributed by atoms with Crippen molar-refractivity contribution in [2.75, 3.05) is 0 Å². The van der Waals surface area contributed by atoms with Gasteiger partial charge in [-0.3, -0.25) is 4.79 Å². The van der Waals surface area contributed by atoms with E-state index in [0.29, 0.717) is 24.2 Å². The average Bonchev–Trinajstić information content (AvgIpc) is 2.72. The Labute approximate surface area is 173 Å². The van der Waals surface area contributed by atoms with Gasteiger partial charge in [-0.15, -0.1) is 0 Å². The first kappa shape index (κ1) is 20.4. The van der Waals surface area contributed by atoms with Crippen LogP contribution in [0.5, 0.6) is 0 Å². The molecule has 2 atom stereocenters. The summed E-state index contributed by atoms with van der Waals surface area (Å²) in [6, 6.07) is 8.00. The number of allylic oxidation sites excluding steroid dienone is 1. The molecule has 2 fully saturated rings. The van der Waals surface area contributed by atoms with Crippen molar-refractivity contribution in [3.8, 4) is 0 Å². The normalized spacial score (nSPS) is 25.6. The Balaban J connectivity index is 1.37. The van der Waals surface area contributed by atoms with E-state index in [0.717, 1.165) is 30.4 Å². The topological polar surface area (TPSA) is 67.8 Å². The van der Waals surface area contributed by atoms with Gasteiger partial charge in [-0.25, -0.2) is 0 Å². The van der Waals surface area contributed by atoms with Crippen molar-refractivity contribution in [3.63, 3.8) is 0 Å². The number of hydrogen-bond donors (Lipinski definition) is 2. The summed E-state index contributed by atoms with van der Waals surface area (Å²) in [5.74, 6) is 1.36. The number of benzene rings is 1. The van der Waals surface area contributed by atoms with Gasteiger partial charge in [-0.1, -0.05) is 49.9 Å². The number of carbonyl (C=O) groups excluding carboxylic acids is 1. The van der Waals surface area contributed by atoms with Crippen LogP contribution in [-0.2, 0) is 27.5 Å². The SMILES string of the molecule is O=C(NC1CCCCC1)C1=C[C@@H](C2CCC2)C[C@@H](OCc2ccc(CO)cc2)O1. The molecule has 1 aromatic carbocycles. The first-order valence-electron chi connectivity index (χ1n) is 11.2. The van der Waals surface area contributed by atoms with E-state index in [9.17, 15) is 9.90 Å². The maximum absolute atomic E-state index is 12.8. The fourth-order valence-corrected chi connectivity index (χ4v) is 4.58. The molecule has 4 rings (SSSR count). The maximum atomic E-state index is 12.8. The first-order valence-corrected chi connectivity index (χ1v) is 11.2. The fraction of sp³-hybridized carbons (Fsp3) is 0.625. The summed E-state index contributed by atoms with van der Waals surface area (Å²) in [6.07, 6.45) is 12.0. The minimum absolute atomic E-state index is 0.0419. The van der Waals surface area contributed by atoms with Crippen LogP contribution in [0.3, 0.4) is 0 Å². The monoisotopic (exact) mass is 399 g/mol. The molecule has 0 aromatic heterocycles. The number of nitrogens with one attached hydrogen (secondary N) is 1. The van der Waals surface area contributed by atoms with Crippen LogP contribution in [0.4, 0.5) is 0 Å². The van der Waals surface area contributed by atoms with Gasteiger partial charge in [-0.2, -0.15) is 0 Å². The molecule has 1 heterocycles. The highest BCUT2D eigenvalue weighted by Crippen LogP contribution is 2.40. The molecule has 0 saturated heterocycles. The van der Waals surface area contributed by atoms with Crippen molar-refractivity contribution in [3.05, 3.63) is 47.2 Å². The van der Waals surface area contributed by atoms with E-state index in [4.69, 9.17) is 9.47 Å². The molecule has 29 heavy (non-hydrogen) atoms. The van der Waals surface area contributed by atoms with Crippen molar-refractivity contribution >= 4 is 5.91 Å². The van der Waals surface area contributed by atoms with Crippen molar-refractivity contribution in [2.45, 2.75) is 83.3 Å². The van der Waals surface area contributed by atoms with Crippen LogP contribution in [-0.4, -0.2) is 23.3 Å². The van der Waals surface area contributed by atoms with E-state index in [2.05, 4.69) is 11.4 Å². The molecule has 0 radical (unpaired) electrons. The molecule has 2 N–H and O–H groups in total. The lowest BCUT2D eigenvalue weighted by Crippen LogP contribution is -2.40. The van der Waals surface area contributed by atoms with Gasteiger partial charge in [0.25, 0.3) is 5.91 Å². The Hall–Kier alpha value is -1.85. The van der Waals surface area contributed by atoms with E-state index >= 15 is 0 Å². The van der Waals surface area contributed by atoms with Crippen LogP contribution in [0.2, 0.25) is 0 Å². The van der Waals surface area contributed by atoms with Gasteiger partial charge in [-0.05, 0) is 54.7 Å². The second-order valence-electron chi connectivity index (χ2n) is 8.76. The predicted molar refractivity (Wildman–Crippen MR) is 111 cm³/mol. The number of amides is 1. The Bertz CT molecular complexity index is 704. The summed E-state index contributed by atoms with van der Waals surface area (Å²) in [5.41, 5.74) is 1.92. The van der Waals surface area contributed by atoms with Gasteiger partial charge >= 0.3 is 0 Å². The Morgan fingerprint density at radius 1 is 1.03 bits per heavy atom. The molecule has 1 aliphatic heterocycles. The molecule has 2 aliphatic carbocycles. The van der Waals surface area contributed by atoms with Crippen LogP contribution < -0.4 is 5.32 Å². The van der Waals surface area contributed by atoms with E-state index < -0.39 is 6.29 Å². The third-order valence-electron chi connectivity index (χ3n) is 6.65. The van der Waals surface area contributed by atoms with Crippen LogP contribution in [0, 0.1) is 11.8 Å². The summed E-state index contributed by atoms with van der Waals surface area (Å²) in [7, 11) is 0. The van der Waals surface area contributed by atoms with Gasteiger partial charge in [0.15, 0.2) is 5.76 Å². The molecule has 1 aromatic rings. The molecule has 0 spiro atoms. The van der Waals surface area contributed by atoms with Crippen LogP contribution in [0.25, 0.3) is 0 Å². The second kappa shape index (κ2) is 9.77. The Morgan fingerprint density at radius 2 is 1.76 bits per heavy atom. The fourth-order valence-electron chi connectivity index (χ4n) is 4.58. The molecule has 0 bridgehead atoms. The molecular formula is C24H33NO4. The highest BCUT2D eigenvalue weighted by atomic mass is 16.7. The smallest absolute Gasteiger partial charge is 0.286 e. The zero-order valence-electron chi connectivity index (χ0n) is 17.1. The summed E-state index contributed by atoms with van der Waals surface area (Å²) < 4.78 is 12.0. The van der Waals surface area contributed by atoms with E-state index in [-0.39, 0.29) is 18.6 Å². The second-order valence-corrected chi connectivity index (χ2v) is 8.76. The quantitative estimate of drug-likeness (QED) is 0.721. The summed E-state index contributed by atoms with van der Waals surface area (Å²) in [6.45, 7) is 0.478. The highest BCUT2D eigenvalue weighted by Gasteiger charge is 2.35. The lowest BCUT2D eigenvalue weighted by Gasteiger charge is -2.37. The standard InChI is InChI=1S/C24H33NO4/c26-15-17-9-11-18(12-10-17)16-28-23-14-20(19-5-4-6-19)13-22(29-23)24(27)25-21-7-2-1-3-8-21/h9-13,19-21,23,26H,1-8,14-16H2,(H,25,27)/t20-,23+/m1/s1. The lowest BCUT2D eigenvalue weighted by molar-refractivity contribution is -0.157. The highest BCUT2D eigenvalue weighted by molar-refractivity contribution is 5.91. The zero-order chi connectivity index (χ0) is 20.1. The third-order valence-corrected chi connectivity index (χ3v) is 6.65. The minimum atomic E-state index is -0.393. The Morgan fingerprint density at radius 3 is 2.41 bits per heavy atom. The average molecular weight is 400 g/mol. The maximum Gasteiger partial charge on any atom is 0.286 e. The van der Waals surface area contributed by atoms with Gasteiger partial charge in [0, 0.05) is 12.5 Å². The van der Waals surface area contributed by atoms with Crippen molar-refractivity contribution in [1.29, 1.82) is 0 Å². The molecule has 3 aliphatic rings. The molecular weight excluding hydrogens is 366 g/mol. The van der Waals surface area contributed by atoms with Gasteiger partial charge < -0.3 is 19.9 Å². The Kier molecular flexibility index (Phi) is 6.88. The number of rotatable bonds is 7. The lowest BCUT2D eigenvalue weighted by atomic mass is 9.73. The summed E-state index contributed by atoms with van der Waals surface area (Å²) >= 11 is 0. The molecule has 5 heteroatoms. The molecule has 0 unspecified atom stereocenters. The zero-order valence-corrected chi connectivity index (χ0v) is 17.1. The van der Waals surface area contributed by atoms with Crippen LogP contribution in [0.15, 0.2) is 36.1 Å².